The summed E-state index contributed by atoms with van der Waals surface area (Å²) in [7, 11) is -3.77. The van der Waals surface area contributed by atoms with E-state index in [0.29, 0.717) is 17.1 Å². The highest BCUT2D eigenvalue weighted by Gasteiger charge is 2.33. The second kappa shape index (κ2) is 12.1. The Labute approximate surface area is 219 Å². The average Bonchev–Trinajstić information content (AvgIpc) is 3.31. The van der Waals surface area contributed by atoms with Gasteiger partial charge in [0.05, 0.1) is 11.9 Å². The van der Waals surface area contributed by atoms with Gasteiger partial charge in [-0.1, -0.05) is 61.7 Å². The first-order valence-corrected chi connectivity index (χ1v) is 14.6. The standard InChI is InChI=1S/C27H36ClN3O4S/c1-5-24(27(33)29-23-11-6-7-12-23)30(17-21-13-15-22(28)16-14-21)25(32)18-31(36(4,34)35)26-19(2)9-8-10-20(26)3/h8-10,13-16,23-24H,5-7,11-12,17-18H2,1-4H3,(H,29,33)/t24-/m1/s1. The van der Waals surface area contributed by atoms with Gasteiger partial charge in [0.1, 0.15) is 12.6 Å². The zero-order valence-electron chi connectivity index (χ0n) is 21.5. The van der Waals surface area contributed by atoms with Gasteiger partial charge in [-0.15, -0.1) is 0 Å². The van der Waals surface area contributed by atoms with Gasteiger partial charge in [0.15, 0.2) is 0 Å². The molecule has 0 aromatic heterocycles. The van der Waals surface area contributed by atoms with Crippen molar-refractivity contribution in [2.75, 3.05) is 17.1 Å². The van der Waals surface area contributed by atoms with Crippen LogP contribution >= 0.6 is 11.6 Å². The number of benzene rings is 2. The minimum Gasteiger partial charge on any atom is -0.352 e. The van der Waals surface area contributed by atoms with E-state index in [1.165, 1.54) is 4.90 Å². The summed E-state index contributed by atoms with van der Waals surface area (Å²) >= 11 is 6.04. The van der Waals surface area contributed by atoms with E-state index >= 15 is 0 Å². The van der Waals surface area contributed by atoms with Crippen molar-refractivity contribution < 1.29 is 18.0 Å². The number of carbonyl (C=O) groups is 2. The van der Waals surface area contributed by atoms with Gasteiger partial charge in [-0.05, 0) is 61.9 Å². The molecule has 0 bridgehead atoms. The zero-order valence-corrected chi connectivity index (χ0v) is 23.0. The first-order valence-electron chi connectivity index (χ1n) is 12.4. The molecule has 0 radical (unpaired) electrons. The SMILES string of the molecule is CC[C@H](C(=O)NC1CCCC1)N(Cc1ccc(Cl)cc1)C(=O)CN(c1c(C)cccc1C)S(C)(=O)=O. The van der Waals surface area contributed by atoms with E-state index in [9.17, 15) is 18.0 Å². The van der Waals surface area contributed by atoms with Crippen LogP contribution in [0.25, 0.3) is 0 Å². The number of nitrogens with one attached hydrogen (secondary N) is 1. The molecule has 7 nitrogen and oxygen atoms in total. The molecule has 0 aliphatic heterocycles. The third-order valence-electron chi connectivity index (χ3n) is 6.72. The second-order valence-electron chi connectivity index (χ2n) is 9.57. The molecule has 0 heterocycles. The van der Waals surface area contributed by atoms with Gasteiger partial charge in [0.2, 0.25) is 21.8 Å². The van der Waals surface area contributed by atoms with Gasteiger partial charge in [0, 0.05) is 17.6 Å². The smallest absolute Gasteiger partial charge is 0.244 e. The van der Waals surface area contributed by atoms with Gasteiger partial charge in [0.25, 0.3) is 0 Å². The predicted octanol–water partition coefficient (Wildman–Crippen LogP) is 4.59. The molecule has 1 N–H and O–H groups in total. The summed E-state index contributed by atoms with van der Waals surface area (Å²) in [5.41, 5.74) is 2.80. The van der Waals surface area contributed by atoms with Crippen LogP contribution in [0.5, 0.6) is 0 Å². The Hall–Kier alpha value is -2.58. The Kier molecular flexibility index (Phi) is 9.41. The lowest BCUT2D eigenvalue weighted by Gasteiger charge is -2.34. The fraction of sp³-hybridized carbons (Fsp3) is 0.481. The summed E-state index contributed by atoms with van der Waals surface area (Å²) in [6.45, 7) is 5.27. The van der Waals surface area contributed by atoms with E-state index in [-0.39, 0.29) is 18.5 Å². The molecular weight excluding hydrogens is 498 g/mol. The molecule has 36 heavy (non-hydrogen) atoms. The van der Waals surface area contributed by atoms with Crippen molar-refractivity contribution in [2.45, 2.75) is 71.5 Å². The molecule has 0 saturated heterocycles. The zero-order chi connectivity index (χ0) is 26.5. The molecule has 1 aliphatic rings. The van der Waals surface area contributed by atoms with Crippen LogP contribution in [0.2, 0.25) is 5.02 Å². The predicted molar refractivity (Wildman–Crippen MR) is 145 cm³/mol. The molecule has 1 saturated carbocycles. The first-order chi connectivity index (χ1) is 17.0. The Balaban J connectivity index is 1.95. The molecule has 1 atom stereocenters. The van der Waals surface area contributed by atoms with Crippen molar-refractivity contribution in [1.29, 1.82) is 0 Å². The van der Waals surface area contributed by atoms with Gasteiger partial charge < -0.3 is 10.2 Å². The molecule has 9 heteroatoms. The summed E-state index contributed by atoms with van der Waals surface area (Å²) in [5.74, 6) is -0.642. The topological polar surface area (TPSA) is 86.8 Å². The molecule has 3 rings (SSSR count). The van der Waals surface area contributed by atoms with E-state index in [0.717, 1.165) is 52.9 Å². The lowest BCUT2D eigenvalue weighted by molar-refractivity contribution is -0.140. The minimum atomic E-state index is -3.77. The number of carbonyl (C=O) groups excluding carboxylic acids is 2. The molecule has 2 aromatic rings. The summed E-state index contributed by atoms with van der Waals surface area (Å²) in [6.07, 6.45) is 5.52. The first kappa shape index (κ1) is 28.0. The number of rotatable bonds is 10. The van der Waals surface area contributed by atoms with Gasteiger partial charge in [-0.3, -0.25) is 13.9 Å². The van der Waals surface area contributed by atoms with Crippen LogP contribution in [0.3, 0.4) is 0 Å². The fourth-order valence-corrected chi connectivity index (χ4v) is 5.94. The lowest BCUT2D eigenvalue weighted by atomic mass is 10.1. The minimum absolute atomic E-state index is 0.112. The molecule has 1 aliphatic carbocycles. The number of hydrogen-bond donors (Lipinski definition) is 1. The summed E-state index contributed by atoms with van der Waals surface area (Å²) in [4.78, 5) is 28.6. The van der Waals surface area contributed by atoms with Crippen molar-refractivity contribution in [1.82, 2.24) is 10.2 Å². The Bertz CT molecular complexity index is 1160. The molecule has 2 aromatic carbocycles. The van der Waals surface area contributed by atoms with Crippen molar-refractivity contribution in [3.63, 3.8) is 0 Å². The quantitative estimate of drug-likeness (QED) is 0.484. The van der Waals surface area contributed by atoms with Crippen LogP contribution in [-0.4, -0.2) is 50.0 Å². The number of para-hydroxylation sites is 1. The fourth-order valence-electron chi connectivity index (χ4n) is 4.85. The monoisotopic (exact) mass is 533 g/mol. The number of nitrogens with zero attached hydrogens (tertiary/aromatic N) is 2. The molecule has 0 spiro atoms. The van der Waals surface area contributed by atoms with Crippen LogP contribution in [0.15, 0.2) is 42.5 Å². The third kappa shape index (κ3) is 7.01. The molecule has 1 fully saturated rings. The van der Waals surface area contributed by atoms with Crippen LogP contribution in [0.1, 0.15) is 55.7 Å². The Morgan fingerprint density at radius 3 is 2.17 bits per heavy atom. The van der Waals surface area contributed by atoms with E-state index in [1.54, 1.807) is 12.1 Å². The Morgan fingerprint density at radius 1 is 1.06 bits per heavy atom. The largest absolute Gasteiger partial charge is 0.352 e. The third-order valence-corrected chi connectivity index (χ3v) is 8.09. The summed E-state index contributed by atoms with van der Waals surface area (Å²) in [6, 6.07) is 12.0. The summed E-state index contributed by atoms with van der Waals surface area (Å²) in [5, 5.41) is 3.68. The van der Waals surface area contributed by atoms with E-state index in [2.05, 4.69) is 5.32 Å². The van der Waals surface area contributed by atoms with Gasteiger partial charge in [-0.2, -0.15) is 0 Å². The molecular formula is C27H36ClN3O4S. The van der Waals surface area contributed by atoms with Crippen molar-refractivity contribution in [3.8, 4) is 0 Å². The highest BCUT2D eigenvalue weighted by Crippen LogP contribution is 2.27. The van der Waals surface area contributed by atoms with Crippen molar-refractivity contribution in [3.05, 3.63) is 64.2 Å². The number of aryl methyl sites for hydroxylation is 2. The highest BCUT2D eigenvalue weighted by atomic mass is 35.5. The van der Waals surface area contributed by atoms with Crippen LogP contribution in [-0.2, 0) is 26.2 Å². The number of amides is 2. The molecule has 2 amide bonds. The van der Waals surface area contributed by atoms with Crippen LogP contribution < -0.4 is 9.62 Å². The normalized spacial score (nSPS) is 14.9. The van der Waals surface area contributed by atoms with Gasteiger partial charge >= 0.3 is 0 Å². The van der Waals surface area contributed by atoms with E-state index in [4.69, 9.17) is 11.6 Å². The van der Waals surface area contributed by atoms with Crippen molar-refractivity contribution in [2.24, 2.45) is 0 Å². The number of anilines is 1. The maximum absolute atomic E-state index is 13.8. The highest BCUT2D eigenvalue weighted by molar-refractivity contribution is 7.92. The van der Waals surface area contributed by atoms with E-state index in [1.807, 2.05) is 51.1 Å². The van der Waals surface area contributed by atoms with Crippen LogP contribution in [0, 0.1) is 13.8 Å². The number of sulfonamides is 1. The molecule has 196 valence electrons. The van der Waals surface area contributed by atoms with E-state index < -0.39 is 28.5 Å². The van der Waals surface area contributed by atoms with Crippen LogP contribution in [0.4, 0.5) is 5.69 Å². The summed E-state index contributed by atoms with van der Waals surface area (Å²) < 4.78 is 26.9. The molecule has 0 unspecified atom stereocenters. The Morgan fingerprint density at radius 2 is 1.64 bits per heavy atom. The number of hydrogen-bond acceptors (Lipinski definition) is 4. The maximum Gasteiger partial charge on any atom is 0.244 e. The average molecular weight is 534 g/mol. The second-order valence-corrected chi connectivity index (χ2v) is 11.9. The van der Waals surface area contributed by atoms with Crippen molar-refractivity contribution >= 4 is 39.1 Å². The van der Waals surface area contributed by atoms with Gasteiger partial charge in [-0.25, -0.2) is 8.42 Å². The lowest BCUT2D eigenvalue weighted by Crippen LogP contribution is -2.53. The number of halogens is 1. The maximum atomic E-state index is 13.8.